The Labute approximate surface area is 107 Å². The second kappa shape index (κ2) is 4.02. The minimum Gasteiger partial charge on any atom is -0.307 e. The molecule has 0 bridgehead atoms. The lowest BCUT2D eigenvalue weighted by atomic mass is 10.2. The Balaban J connectivity index is 2.24. The highest BCUT2D eigenvalue weighted by Crippen LogP contribution is 2.29. The third kappa shape index (κ3) is 1.56. The lowest BCUT2D eigenvalue weighted by Gasteiger charge is -2.09. The summed E-state index contributed by atoms with van der Waals surface area (Å²) < 4.78 is 3.07. The van der Waals surface area contributed by atoms with Gasteiger partial charge in [-0.15, -0.1) is 0 Å². The van der Waals surface area contributed by atoms with E-state index < -0.39 is 0 Å². The van der Waals surface area contributed by atoms with Crippen LogP contribution in [0.1, 0.15) is 24.7 Å². The minimum absolute atomic E-state index is 0.318. The van der Waals surface area contributed by atoms with Gasteiger partial charge in [-0.1, -0.05) is 17.7 Å². The molecule has 0 aliphatic carbocycles. The standard InChI is InChI=1S/C11H11BrClN3/c12-9-5-1-4-8-10(13)15-11(16(8)9)7-3-2-6-14-7/h1,4-5,7,14H,2-3,6H2. The fourth-order valence-corrected chi connectivity index (χ4v) is 2.98. The molecule has 1 aliphatic rings. The molecule has 84 valence electrons. The highest BCUT2D eigenvalue weighted by atomic mass is 79.9. The van der Waals surface area contributed by atoms with E-state index in [0.29, 0.717) is 11.2 Å². The number of nitrogens with zero attached hydrogens (tertiary/aromatic N) is 2. The molecule has 0 radical (unpaired) electrons. The van der Waals surface area contributed by atoms with E-state index in [2.05, 4.69) is 30.6 Å². The zero-order valence-corrected chi connectivity index (χ0v) is 10.9. The molecule has 2 aromatic heterocycles. The molecule has 0 saturated carbocycles. The molecule has 16 heavy (non-hydrogen) atoms. The molecule has 5 heteroatoms. The summed E-state index contributed by atoms with van der Waals surface area (Å²) >= 11 is 9.69. The summed E-state index contributed by atoms with van der Waals surface area (Å²) in [7, 11) is 0. The molecule has 3 rings (SSSR count). The van der Waals surface area contributed by atoms with Crippen LogP contribution >= 0.6 is 27.5 Å². The number of imidazole rings is 1. The molecule has 1 saturated heterocycles. The number of nitrogens with one attached hydrogen (secondary N) is 1. The molecular weight excluding hydrogens is 289 g/mol. The maximum absolute atomic E-state index is 6.15. The van der Waals surface area contributed by atoms with Crippen molar-refractivity contribution in [1.82, 2.24) is 14.7 Å². The first kappa shape index (κ1) is 10.6. The van der Waals surface area contributed by atoms with E-state index in [4.69, 9.17) is 11.6 Å². The van der Waals surface area contributed by atoms with Crippen molar-refractivity contribution in [2.24, 2.45) is 0 Å². The molecule has 0 spiro atoms. The van der Waals surface area contributed by atoms with Crippen molar-refractivity contribution in [3.8, 4) is 0 Å². The van der Waals surface area contributed by atoms with E-state index in [9.17, 15) is 0 Å². The van der Waals surface area contributed by atoms with E-state index in [1.54, 1.807) is 0 Å². The second-order valence-electron chi connectivity index (χ2n) is 3.98. The summed E-state index contributed by atoms with van der Waals surface area (Å²) in [5.41, 5.74) is 0.958. The summed E-state index contributed by atoms with van der Waals surface area (Å²) in [6.07, 6.45) is 2.32. The Morgan fingerprint density at radius 1 is 1.50 bits per heavy atom. The van der Waals surface area contributed by atoms with Crippen LogP contribution in [0, 0.1) is 0 Å². The van der Waals surface area contributed by atoms with E-state index >= 15 is 0 Å². The van der Waals surface area contributed by atoms with Gasteiger partial charge in [0.1, 0.15) is 5.82 Å². The number of hydrogen-bond acceptors (Lipinski definition) is 2. The molecule has 1 N–H and O–H groups in total. The maximum atomic E-state index is 6.15. The number of fused-ring (bicyclic) bond motifs is 1. The van der Waals surface area contributed by atoms with Gasteiger partial charge in [-0.05, 0) is 47.4 Å². The van der Waals surface area contributed by atoms with E-state index in [1.807, 2.05) is 18.2 Å². The molecule has 0 amide bonds. The number of pyridine rings is 1. The predicted octanol–water partition coefficient (Wildman–Crippen LogP) is 3.17. The van der Waals surface area contributed by atoms with E-state index in [1.165, 1.54) is 6.42 Å². The van der Waals surface area contributed by atoms with Crippen LogP contribution in [0.5, 0.6) is 0 Å². The van der Waals surface area contributed by atoms with Crippen molar-refractivity contribution in [3.05, 3.63) is 33.8 Å². The van der Waals surface area contributed by atoms with Crippen molar-refractivity contribution >= 4 is 33.0 Å². The van der Waals surface area contributed by atoms with Gasteiger partial charge >= 0.3 is 0 Å². The lowest BCUT2D eigenvalue weighted by molar-refractivity contribution is 0.601. The average molecular weight is 301 g/mol. The summed E-state index contributed by atoms with van der Waals surface area (Å²) in [5, 5.41) is 4.02. The first-order valence-corrected chi connectivity index (χ1v) is 6.50. The van der Waals surface area contributed by atoms with Gasteiger partial charge in [0.25, 0.3) is 0 Å². The average Bonchev–Trinajstić information content (AvgIpc) is 2.87. The number of halogens is 2. The highest BCUT2D eigenvalue weighted by molar-refractivity contribution is 9.10. The second-order valence-corrected chi connectivity index (χ2v) is 5.15. The monoisotopic (exact) mass is 299 g/mol. The molecule has 3 nitrogen and oxygen atoms in total. The lowest BCUT2D eigenvalue weighted by Crippen LogP contribution is -2.16. The summed E-state index contributed by atoms with van der Waals surface area (Å²) in [6.45, 7) is 1.06. The van der Waals surface area contributed by atoms with E-state index in [-0.39, 0.29) is 0 Å². The molecule has 1 atom stereocenters. The number of aromatic nitrogens is 2. The van der Waals surface area contributed by atoms with Crippen LogP contribution in [0.4, 0.5) is 0 Å². The fourth-order valence-electron chi connectivity index (χ4n) is 2.22. The zero-order chi connectivity index (χ0) is 11.1. The fraction of sp³-hybridized carbons (Fsp3) is 0.364. The van der Waals surface area contributed by atoms with E-state index in [0.717, 1.165) is 28.9 Å². The van der Waals surface area contributed by atoms with Crippen molar-refractivity contribution in [3.63, 3.8) is 0 Å². The predicted molar refractivity (Wildman–Crippen MR) is 67.9 cm³/mol. The Kier molecular flexibility index (Phi) is 2.65. The van der Waals surface area contributed by atoms with Crippen molar-refractivity contribution in [1.29, 1.82) is 0 Å². The molecular formula is C11H11BrClN3. The van der Waals surface area contributed by atoms with Gasteiger partial charge in [-0.2, -0.15) is 0 Å². The van der Waals surface area contributed by atoms with Crippen molar-refractivity contribution in [2.75, 3.05) is 6.54 Å². The normalized spacial score (nSPS) is 20.8. The van der Waals surface area contributed by atoms with Gasteiger partial charge in [-0.25, -0.2) is 4.98 Å². The smallest absolute Gasteiger partial charge is 0.155 e. The summed E-state index contributed by atoms with van der Waals surface area (Å²) in [6, 6.07) is 6.28. The number of rotatable bonds is 1. The Morgan fingerprint density at radius 3 is 3.12 bits per heavy atom. The first-order chi connectivity index (χ1) is 7.77. The molecule has 1 fully saturated rings. The maximum Gasteiger partial charge on any atom is 0.155 e. The van der Waals surface area contributed by atoms with Crippen molar-refractivity contribution < 1.29 is 0 Å². The largest absolute Gasteiger partial charge is 0.307 e. The van der Waals surface area contributed by atoms with Crippen LogP contribution in [-0.2, 0) is 0 Å². The third-order valence-electron chi connectivity index (χ3n) is 2.97. The molecule has 1 unspecified atom stereocenters. The van der Waals surface area contributed by atoms with Gasteiger partial charge in [0.15, 0.2) is 5.15 Å². The van der Waals surface area contributed by atoms with Gasteiger partial charge in [0, 0.05) is 0 Å². The Bertz CT molecular complexity index is 531. The topological polar surface area (TPSA) is 29.3 Å². The Hall–Kier alpha value is -0.580. The summed E-state index contributed by atoms with van der Waals surface area (Å²) in [4.78, 5) is 4.47. The van der Waals surface area contributed by atoms with Gasteiger partial charge < -0.3 is 5.32 Å². The van der Waals surface area contributed by atoms with Crippen LogP contribution in [0.3, 0.4) is 0 Å². The van der Waals surface area contributed by atoms with Crippen LogP contribution < -0.4 is 5.32 Å². The van der Waals surface area contributed by atoms with Crippen LogP contribution in [-0.4, -0.2) is 15.9 Å². The van der Waals surface area contributed by atoms with Crippen LogP contribution in [0.15, 0.2) is 22.8 Å². The summed E-state index contributed by atoms with van der Waals surface area (Å²) in [5.74, 6) is 1.00. The van der Waals surface area contributed by atoms with Gasteiger partial charge in [0.2, 0.25) is 0 Å². The highest BCUT2D eigenvalue weighted by Gasteiger charge is 2.23. The molecule has 2 aromatic rings. The molecule has 1 aliphatic heterocycles. The minimum atomic E-state index is 0.318. The van der Waals surface area contributed by atoms with Gasteiger partial charge in [-0.3, -0.25) is 4.40 Å². The quantitative estimate of drug-likeness (QED) is 0.820. The third-order valence-corrected chi connectivity index (χ3v) is 3.86. The SMILES string of the molecule is Clc1nc(C2CCCN2)n2c(Br)cccc12. The number of hydrogen-bond donors (Lipinski definition) is 1. The molecule has 3 heterocycles. The van der Waals surface area contributed by atoms with Crippen LogP contribution in [0.25, 0.3) is 5.52 Å². The van der Waals surface area contributed by atoms with Crippen molar-refractivity contribution in [2.45, 2.75) is 18.9 Å². The molecule has 0 aromatic carbocycles. The Morgan fingerprint density at radius 2 is 2.38 bits per heavy atom. The van der Waals surface area contributed by atoms with Crippen LogP contribution in [0.2, 0.25) is 5.15 Å². The first-order valence-electron chi connectivity index (χ1n) is 5.33. The van der Waals surface area contributed by atoms with Gasteiger partial charge in [0.05, 0.1) is 16.2 Å². The zero-order valence-electron chi connectivity index (χ0n) is 8.58.